The summed E-state index contributed by atoms with van der Waals surface area (Å²) in [6.45, 7) is 0.526. The van der Waals surface area contributed by atoms with Crippen molar-refractivity contribution in [2.75, 3.05) is 26.3 Å². The lowest BCUT2D eigenvalue weighted by molar-refractivity contribution is -0.132. The number of hydrogen-bond acceptors (Lipinski definition) is 4. The number of carbonyl (C=O) groups excluding carboxylic acids is 1. The molecule has 18 heavy (non-hydrogen) atoms. The molecule has 106 valence electrons. The monoisotopic (exact) mass is 258 g/mol. The van der Waals surface area contributed by atoms with Crippen molar-refractivity contribution >= 4 is 5.91 Å². The topological polar surface area (TPSA) is 86.8 Å². The molecular formula is C13H26N2O3. The molecule has 1 fully saturated rings. The molecule has 0 spiro atoms. The summed E-state index contributed by atoms with van der Waals surface area (Å²) in [6, 6.07) is 0.345. The third-order valence-electron chi connectivity index (χ3n) is 3.75. The minimum absolute atomic E-state index is 0.0352. The zero-order valence-corrected chi connectivity index (χ0v) is 11.1. The van der Waals surface area contributed by atoms with Crippen molar-refractivity contribution in [2.45, 2.75) is 44.6 Å². The van der Waals surface area contributed by atoms with Crippen LogP contribution in [-0.2, 0) is 4.79 Å². The van der Waals surface area contributed by atoms with E-state index in [0.29, 0.717) is 31.5 Å². The van der Waals surface area contributed by atoms with Crippen molar-refractivity contribution in [3.05, 3.63) is 0 Å². The van der Waals surface area contributed by atoms with Crippen LogP contribution in [0.25, 0.3) is 0 Å². The number of hydrogen-bond donors (Lipinski definition) is 3. The van der Waals surface area contributed by atoms with Crippen LogP contribution < -0.4 is 5.73 Å². The zero-order valence-electron chi connectivity index (χ0n) is 11.1. The SMILES string of the molecule is NC1CCC(CCC(=O)N(CCO)CCO)CC1. The number of rotatable bonds is 7. The minimum Gasteiger partial charge on any atom is -0.395 e. The summed E-state index contributed by atoms with van der Waals surface area (Å²) >= 11 is 0. The standard InChI is InChI=1S/C13H26N2O3/c14-12-4-1-11(2-5-12)3-6-13(18)15(7-9-16)8-10-17/h11-12,16-17H,1-10,14H2. The summed E-state index contributed by atoms with van der Waals surface area (Å²) in [4.78, 5) is 13.4. The molecule has 4 N–H and O–H groups in total. The summed E-state index contributed by atoms with van der Waals surface area (Å²) in [5.74, 6) is 0.645. The zero-order chi connectivity index (χ0) is 13.4. The molecule has 0 aromatic carbocycles. The van der Waals surface area contributed by atoms with Gasteiger partial charge in [-0.05, 0) is 38.0 Å². The summed E-state index contributed by atoms with van der Waals surface area (Å²) in [6.07, 6.45) is 5.79. The average Bonchev–Trinajstić information content (AvgIpc) is 2.37. The Morgan fingerprint density at radius 2 is 1.67 bits per heavy atom. The molecule has 0 atom stereocenters. The van der Waals surface area contributed by atoms with Gasteiger partial charge >= 0.3 is 0 Å². The van der Waals surface area contributed by atoms with E-state index < -0.39 is 0 Å². The van der Waals surface area contributed by atoms with Crippen LogP contribution in [0, 0.1) is 5.92 Å². The fraction of sp³-hybridized carbons (Fsp3) is 0.923. The molecule has 1 amide bonds. The maximum atomic E-state index is 11.9. The van der Waals surface area contributed by atoms with Gasteiger partial charge < -0.3 is 20.8 Å². The van der Waals surface area contributed by atoms with Gasteiger partial charge in [0.1, 0.15) is 0 Å². The lowest BCUT2D eigenvalue weighted by Crippen LogP contribution is -2.36. The molecule has 0 aromatic heterocycles. The quantitative estimate of drug-likeness (QED) is 0.604. The predicted octanol–water partition coefficient (Wildman–Crippen LogP) is 0.0973. The first-order chi connectivity index (χ1) is 8.67. The van der Waals surface area contributed by atoms with Gasteiger partial charge in [-0.25, -0.2) is 0 Å². The molecule has 0 unspecified atom stereocenters. The number of nitrogens with two attached hydrogens (primary N) is 1. The molecular weight excluding hydrogens is 232 g/mol. The van der Waals surface area contributed by atoms with Crippen molar-refractivity contribution in [3.63, 3.8) is 0 Å². The van der Waals surface area contributed by atoms with Crippen LogP contribution in [0.3, 0.4) is 0 Å². The highest BCUT2D eigenvalue weighted by atomic mass is 16.3. The Bertz CT molecular complexity index is 234. The lowest BCUT2D eigenvalue weighted by atomic mass is 9.84. The van der Waals surface area contributed by atoms with E-state index in [2.05, 4.69) is 0 Å². The van der Waals surface area contributed by atoms with E-state index in [-0.39, 0.29) is 19.1 Å². The van der Waals surface area contributed by atoms with Crippen molar-refractivity contribution < 1.29 is 15.0 Å². The van der Waals surface area contributed by atoms with Crippen molar-refractivity contribution in [1.82, 2.24) is 4.90 Å². The van der Waals surface area contributed by atoms with Crippen LogP contribution in [0.2, 0.25) is 0 Å². The van der Waals surface area contributed by atoms with Crippen LogP contribution in [0.5, 0.6) is 0 Å². The molecule has 0 saturated heterocycles. The van der Waals surface area contributed by atoms with Gasteiger partial charge in [-0.15, -0.1) is 0 Å². The van der Waals surface area contributed by atoms with Gasteiger partial charge in [-0.3, -0.25) is 4.79 Å². The normalized spacial score (nSPS) is 23.9. The molecule has 0 aliphatic heterocycles. The minimum atomic E-state index is -0.0516. The first kappa shape index (κ1) is 15.4. The summed E-state index contributed by atoms with van der Waals surface area (Å²) in [5, 5.41) is 17.7. The van der Waals surface area contributed by atoms with Crippen LogP contribution in [0.4, 0.5) is 0 Å². The first-order valence-corrected chi connectivity index (χ1v) is 6.92. The second-order valence-corrected chi connectivity index (χ2v) is 5.15. The van der Waals surface area contributed by atoms with Gasteiger partial charge in [0.2, 0.25) is 5.91 Å². The maximum Gasteiger partial charge on any atom is 0.222 e. The smallest absolute Gasteiger partial charge is 0.222 e. The van der Waals surface area contributed by atoms with Gasteiger partial charge in [-0.2, -0.15) is 0 Å². The molecule has 1 saturated carbocycles. The highest BCUT2D eigenvalue weighted by molar-refractivity contribution is 5.76. The second-order valence-electron chi connectivity index (χ2n) is 5.15. The number of nitrogens with zero attached hydrogens (tertiary/aromatic N) is 1. The lowest BCUT2D eigenvalue weighted by Gasteiger charge is -2.27. The number of carbonyl (C=O) groups is 1. The third kappa shape index (κ3) is 5.33. The highest BCUT2D eigenvalue weighted by Gasteiger charge is 2.20. The van der Waals surface area contributed by atoms with Crippen LogP contribution in [0.15, 0.2) is 0 Å². The summed E-state index contributed by atoms with van der Waals surface area (Å²) in [5.41, 5.74) is 5.85. The predicted molar refractivity (Wildman–Crippen MR) is 69.9 cm³/mol. The van der Waals surface area contributed by atoms with Crippen molar-refractivity contribution in [3.8, 4) is 0 Å². The number of aliphatic hydroxyl groups excluding tert-OH is 2. The van der Waals surface area contributed by atoms with E-state index in [9.17, 15) is 4.79 Å². The fourth-order valence-electron chi connectivity index (χ4n) is 2.57. The van der Waals surface area contributed by atoms with Crippen molar-refractivity contribution in [1.29, 1.82) is 0 Å². The van der Waals surface area contributed by atoms with E-state index in [4.69, 9.17) is 15.9 Å². The van der Waals surface area contributed by atoms with Gasteiger partial charge in [0, 0.05) is 25.6 Å². The maximum absolute atomic E-state index is 11.9. The van der Waals surface area contributed by atoms with Gasteiger partial charge in [0.25, 0.3) is 0 Å². The molecule has 1 aliphatic carbocycles. The van der Waals surface area contributed by atoms with E-state index >= 15 is 0 Å². The molecule has 1 aliphatic rings. The first-order valence-electron chi connectivity index (χ1n) is 6.92. The van der Waals surface area contributed by atoms with E-state index in [1.165, 1.54) is 4.90 Å². The van der Waals surface area contributed by atoms with Crippen LogP contribution in [0.1, 0.15) is 38.5 Å². The van der Waals surface area contributed by atoms with Gasteiger partial charge in [-0.1, -0.05) is 0 Å². The fourth-order valence-corrected chi connectivity index (χ4v) is 2.57. The Labute approximate surface area is 109 Å². The number of amides is 1. The molecule has 0 aromatic rings. The molecule has 0 radical (unpaired) electrons. The molecule has 1 rings (SSSR count). The van der Waals surface area contributed by atoms with Gasteiger partial charge in [0.05, 0.1) is 13.2 Å². The van der Waals surface area contributed by atoms with E-state index in [0.717, 1.165) is 32.1 Å². The largest absolute Gasteiger partial charge is 0.395 e. The van der Waals surface area contributed by atoms with E-state index in [1.807, 2.05) is 0 Å². The second kappa shape index (κ2) is 8.45. The summed E-state index contributed by atoms with van der Waals surface area (Å²) < 4.78 is 0. The average molecular weight is 258 g/mol. The Balaban J connectivity index is 2.25. The molecule has 0 heterocycles. The third-order valence-corrected chi connectivity index (χ3v) is 3.75. The molecule has 5 nitrogen and oxygen atoms in total. The Morgan fingerprint density at radius 3 is 2.17 bits per heavy atom. The van der Waals surface area contributed by atoms with Crippen LogP contribution >= 0.6 is 0 Å². The highest BCUT2D eigenvalue weighted by Crippen LogP contribution is 2.27. The number of aliphatic hydroxyl groups is 2. The van der Waals surface area contributed by atoms with Crippen LogP contribution in [-0.4, -0.2) is 53.4 Å². The van der Waals surface area contributed by atoms with E-state index in [1.54, 1.807) is 0 Å². The van der Waals surface area contributed by atoms with Gasteiger partial charge in [0.15, 0.2) is 0 Å². The summed E-state index contributed by atoms with van der Waals surface area (Å²) in [7, 11) is 0. The molecule has 5 heteroatoms. The Hall–Kier alpha value is -0.650. The Kier molecular flexibility index (Phi) is 7.23. The Morgan fingerprint density at radius 1 is 1.11 bits per heavy atom. The molecule has 0 bridgehead atoms. The van der Waals surface area contributed by atoms with Crippen molar-refractivity contribution in [2.24, 2.45) is 11.7 Å².